The van der Waals surface area contributed by atoms with Gasteiger partial charge in [0.15, 0.2) is 0 Å². The summed E-state index contributed by atoms with van der Waals surface area (Å²) in [6, 6.07) is 55.0. The number of fused-ring (bicyclic) bond motifs is 3. The van der Waals surface area contributed by atoms with Crippen LogP contribution >= 0.6 is 0 Å². The molecule has 0 amide bonds. The van der Waals surface area contributed by atoms with E-state index in [0.29, 0.717) is 0 Å². The molecule has 0 N–H and O–H groups in total. The van der Waals surface area contributed by atoms with Crippen molar-refractivity contribution in [3.8, 4) is 11.1 Å². The summed E-state index contributed by atoms with van der Waals surface area (Å²) < 4.78 is 0. The Balaban J connectivity index is 1.24. The Hall–Kier alpha value is -5.34. The summed E-state index contributed by atoms with van der Waals surface area (Å²) in [5.74, 6) is 0. The molecule has 0 unspecified atom stereocenters. The van der Waals surface area contributed by atoms with E-state index in [1.165, 1.54) is 22.3 Å². The average molecular weight is 539 g/mol. The van der Waals surface area contributed by atoms with E-state index in [1.807, 2.05) is 24.3 Å². The molecular weight excluding hydrogens is 508 g/mol. The molecule has 0 fully saturated rings. The molecule has 7 rings (SSSR count). The van der Waals surface area contributed by atoms with E-state index >= 15 is 0 Å². The summed E-state index contributed by atoms with van der Waals surface area (Å²) >= 11 is 0. The Morgan fingerprint density at radius 3 is 0.976 bits per heavy atom. The predicted octanol–water partition coefficient (Wildman–Crippen LogP) is 9.79. The van der Waals surface area contributed by atoms with Crippen LogP contribution in [0.1, 0.15) is 33.4 Å². The van der Waals surface area contributed by atoms with Gasteiger partial charge in [0.1, 0.15) is 0 Å². The fraction of sp³-hybridized carbons (Fsp3) is 0.0500. The van der Waals surface area contributed by atoms with Crippen LogP contribution in [0.5, 0.6) is 0 Å². The molecule has 1 aliphatic carbocycles. The highest BCUT2D eigenvalue weighted by Crippen LogP contribution is 2.38. The van der Waals surface area contributed by atoms with Crippen LogP contribution in [0.3, 0.4) is 0 Å². The van der Waals surface area contributed by atoms with Crippen LogP contribution < -0.4 is 0 Å². The molecule has 2 nitrogen and oxygen atoms in total. The van der Waals surface area contributed by atoms with Gasteiger partial charge in [-0.1, -0.05) is 133 Å². The number of benzene rings is 6. The maximum atomic E-state index is 5.17. The molecule has 42 heavy (non-hydrogen) atoms. The SMILES string of the molecule is c1ccc(C(=Nc2ccc3c(c2)CCc2cc(N=C(c4ccccc4)c4ccccc4)ccc2-3)c2ccccc2)cc1. The highest BCUT2D eigenvalue weighted by molar-refractivity contribution is 6.14. The summed E-state index contributed by atoms with van der Waals surface area (Å²) in [6.07, 6.45) is 1.96. The first-order valence-corrected chi connectivity index (χ1v) is 14.5. The second kappa shape index (κ2) is 11.6. The van der Waals surface area contributed by atoms with Crippen molar-refractivity contribution in [2.75, 3.05) is 0 Å². The van der Waals surface area contributed by atoms with Crippen LogP contribution in [-0.4, -0.2) is 11.4 Å². The number of hydrogen-bond acceptors (Lipinski definition) is 2. The molecule has 0 radical (unpaired) electrons. The van der Waals surface area contributed by atoms with Gasteiger partial charge in [-0.05, 0) is 59.4 Å². The second-order valence-corrected chi connectivity index (χ2v) is 10.6. The lowest BCUT2D eigenvalue weighted by atomic mass is 9.85. The minimum absolute atomic E-state index is 0.981. The zero-order valence-electron chi connectivity index (χ0n) is 23.3. The predicted molar refractivity (Wildman–Crippen MR) is 176 cm³/mol. The molecule has 1 aliphatic rings. The van der Waals surface area contributed by atoms with Crippen LogP contribution in [0, 0.1) is 0 Å². The van der Waals surface area contributed by atoms with Gasteiger partial charge in [-0.15, -0.1) is 0 Å². The van der Waals surface area contributed by atoms with Gasteiger partial charge >= 0.3 is 0 Å². The standard InChI is InChI=1S/C40H30N2/c1-5-13-29(14-6-1)39(30-15-7-2-8-16-30)41-35-23-25-37-33(27-35)21-22-34-28-36(24-26-38(34)37)42-40(31-17-9-3-10-18-31)32-19-11-4-12-20-32/h1-20,23-28H,21-22H2. The topological polar surface area (TPSA) is 24.7 Å². The minimum Gasteiger partial charge on any atom is -0.248 e. The van der Waals surface area contributed by atoms with Crippen molar-refractivity contribution >= 4 is 22.8 Å². The van der Waals surface area contributed by atoms with Gasteiger partial charge in [0.2, 0.25) is 0 Å². The maximum Gasteiger partial charge on any atom is 0.0781 e. The minimum atomic E-state index is 0.981. The Kier molecular flexibility index (Phi) is 7.10. The summed E-state index contributed by atoms with van der Waals surface area (Å²) in [6.45, 7) is 0. The van der Waals surface area contributed by atoms with Gasteiger partial charge in [-0.2, -0.15) is 0 Å². The van der Waals surface area contributed by atoms with Crippen molar-refractivity contribution in [2.24, 2.45) is 9.98 Å². The van der Waals surface area contributed by atoms with E-state index in [0.717, 1.165) is 57.9 Å². The Labute approximate surface area is 247 Å². The quantitative estimate of drug-likeness (QED) is 0.189. The van der Waals surface area contributed by atoms with Crippen molar-refractivity contribution < 1.29 is 0 Å². The Morgan fingerprint density at radius 1 is 0.357 bits per heavy atom. The normalized spacial score (nSPS) is 11.6. The largest absolute Gasteiger partial charge is 0.248 e. The zero-order chi connectivity index (χ0) is 28.1. The third-order valence-corrected chi connectivity index (χ3v) is 7.80. The second-order valence-electron chi connectivity index (χ2n) is 10.6. The first kappa shape index (κ1) is 25.6. The molecule has 0 saturated heterocycles. The number of nitrogens with zero attached hydrogens (tertiary/aromatic N) is 2. The summed E-state index contributed by atoms with van der Waals surface area (Å²) in [4.78, 5) is 10.3. The lowest BCUT2D eigenvalue weighted by Crippen LogP contribution is -2.05. The molecule has 200 valence electrons. The highest BCUT2D eigenvalue weighted by atomic mass is 14.8. The average Bonchev–Trinajstić information content (AvgIpc) is 3.07. The van der Waals surface area contributed by atoms with E-state index in [4.69, 9.17) is 9.98 Å². The fourth-order valence-electron chi connectivity index (χ4n) is 5.74. The van der Waals surface area contributed by atoms with Gasteiger partial charge in [-0.3, -0.25) is 0 Å². The number of aliphatic imine (C=N–C) groups is 2. The van der Waals surface area contributed by atoms with Crippen molar-refractivity contribution in [3.63, 3.8) is 0 Å². The van der Waals surface area contributed by atoms with Gasteiger partial charge in [0.25, 0.3) is 0 Å². The van der Waals surface area contributed by atoms with Crippen LogP contribution in [0.15, 0.2) is 168 Å². The number of aryl methyl sites for hydroxylation is 2. The highest BCUT2D eigenvalue weighted by Gasteiger charge is 2.18. The van der Waals surface area contributed by atoms with Crippen molar-refractivity contribution in [1.82, 2.24) is 0 Å². The molecule has 0 aliphatic heterocycles. The third-order valence-electron chi connectivity index (χ3n) is 7.80. The van der Waals surface area contributed by atoms with Gasteiger partial charge in [0, 0.05) is 22.3 Å². The number of rotatable bonds is 6. The van der Waals surface area contributed by atoms with Crippen LogP contribution in [0.4, 0.5) is 11.4 Å². The third kappa shape index (κ3) is 5.35. The lowest BCUT2D eigenvalue weighted by molar-refractivity contribution is 0.942. The Morgan fingerprint density at radius 2 is 0.667 bits per heavy atom. The molecule has 0 atom stereocenters. The van der Waals surface area contributed by atoms with E-state index in [2.05, 4.69) is 133 Å². The van der Waals surface area contributed by atoms with Gasteiger partial charge in [0.05, 0.1) is 22.8 Å². The molecule has 6 aromatic carbocycles. The monoisotopic (exact) mass is 538 g/mol. The molecular formula is C40H30N2. The summed E-state index contributed by atoms with van der Waals surface area (Å²) in [5.41, 5.74) is 13.7. The lowest BCUT2D eigenvalue weighted by Gasteiger charge is -2.21. The maximum absolute atomic E-state index is 5.17. The summed E-state index contributed by atoms with van der Waals surface area (Å²) in [7, 11) is 0. The molecule has 2 heteroatoms. The molecule has 0 heterocycles. The van der Waals surface area contributed by atoms with Crippen molar-refractivity contribution in [2.45, 2.75) is 12.8 Å². The van der Waals surface area contributed by atoms with Crippen LogP contribution in [0.25, 0.3) is 11.1 Å². The van der Waals surface area contributed by atoms with E-state index in [-0.39, 0.29) is 0 Å². The zero-order valence-corrected chi connectivity index (χ0v) is 23.3. The van der Waals surface area contributed by atoms with E-state index in [1.54, 1.807) is 0 Å². The fourth-order valence-corrected chi connectivity index (χ4v) is 5.74. The molecule has 0 aromatic heterocycles. The first-order chi connectivity index (χ1) is 20.8. The van der Waals surface area contributed by atoms with Crippen LogP contribution in [0.2, 0.25) is 0 Å². The summed E-state index contributed by atoms with van der Waals surface area (Å²) in [5, 5.41) is 0. The van der Waals surface area contributed by atoms with E-state index < -0.39 is 0 Å². The molecule has 6 aromatic rings. The molecule has 0 bridgehead atoms. The van der Waals surface area contributed by atoms with Crippen LogP contribution in [-0.2, 0) is 12.8 Å². The smallest absolute Gasteiger partial charge is 0.0781 e. The Bertz CT molecular complexity index is 1660. The van der Waals surface area contributed by atoms with Crippen molar-refractivity contribution in [3.05, 3.63) is 191 Å². The number of hydrogen-bond donors (Lipinski definition) is 0. The van der Waals surface area contributed by atoms with Gasteiger partial charge < -0.3 is 0 Å². The first-order valence-electron chi connectivity index (χ1n) is 14.5. The van der Waals surface area contributed by atoms with Crippen molar-refractivity contribution in [1.29, 1.82) is 0 Å². The van der Waals surface area contributed by atoms with E-state index in [9.17, 15) is 0 Å². The molecule has 0 spiro atoms. The van der Waals surface area contributed by atoms with Gasteiger partial charge in [-0.25, -0.2) is 9.98 Å². The molecule has 0 saturated carbocycles.